The fourth-order valence-corrected chi connectivity index (χ4v) is 10.4. The zero-order chi connectivity index (χ0) is 45.2. The van der Waals surface area contributed by atoms with Gasteiger partial charge in [0.05, 0.1) is 11.7 Å². The predicted octanol–water partition coefficient (Wildman–Crippen LogP) is 13.5. The molecule has 0 bridgehead atoms. The van der Waals surface area contributed by atoms with Crippen molar-refractivity contribution in [3.05, 3.63) is 265 Å². The summed E-state index contributed by atoms with van der Waals surface area (Å²) in [7, 11) is 0. The van der Waals surface area contributed by atoms with Gasteiger partial charge in [-0.3, -0.25) is 4.79 Å². The van der Waals surface area contributed by atoms with Gasteiger partial charge in [-0.1, -0.05) is 140 Å². The van der Waals surface area contributed by atoms with Crippen molar-refractivity contribution in [3.63, 3.8) is 0 Å². The van der Waals surface area contributed by atoms with E-state index in [2.05, 4.69) is 162 Å². The van der Waals surface area contributed by atoms with E-state index >= 15 is 0 Å². The molecule has 10 aromatic rings. The van der Waals surface area contributed by atoms with Crippen molar-refractivity contribution in [1.82, 2.24) is 24.5 Å². The molecule has 320 valence electrons. The van der Waals surface area contributed by atoms with Crippen LogP contribution in [0.25, 0.3) is 73.2 Å². The topological polar surface area (TPSA) is 76.8 Å². The molecule has 0 unspecified atom stereocenters. The summed E-state index contributed by atoms with van der Waals surface area (Å²) in [6.45, 7) is 0. The molecular formula is C61H40N6O. The number of nitrogens with zero attached hydrogens (tertiary/aromatic N) is 6. The van der Waals surface area contributed by atoms with Crippen LogP contribution in [-0.4, -0.2) is 30.3 Å². The molecule has 0 atom stereocenters. The third-order valence-corrected chi connectivity index (χ3v) is 13.7. The van der Waals surface area contributed by atoms with Gasteiger partial charge in [0.25, 0.3) is 0 Å². The van der Waals surface area contributed by atoms with Gasteiger partial charge < -0.3 is 9.47 Å². The molecule has 0 N–H and O–H groups in total. The summed E-state index contributed by atoms with van der Waals surface area (Å²) in [6, 6.07) is 65.1. The Bertz CT molecular complexity index is 3590. The van der Waals surface area contributed by atoms with Crippen LogP contribution in [0.2, 0.25) is 0 Å². The lowest BCUT2D eigenvalue weighted by molar-refractivity contribution is 0.103. The van der Waals surface area contributed by atoms with Crippen LogP contribution in [0.15, 0.2) is 231 Å². The minimum atomic E-state index is -0.712. The molecule has 2 aliphatic carbocycles. The summed E-state index contributed by atoms with van der Waals surface area (Å²) in [4.78, 5) is 36.5. The largest absolute Gasteiger partial charge is 0.324 e. The zero-order valence-corrected chi connectivity index (χ0v) is 36.7. The number of hydrogen-bond acceptors (Lipinski definition) is 6. The molecule has 2 aromatic heterocycles. The predicted molar refractivity (Wildman–Crippen MR) is 270 cm³/mol. The maximum Gasteiger partial charge on any atom is 0.193 e. The molecule has 7 heteroatoms. The van der Waals surface area contributed by atoms with Gasteiger partial charge in [0.1, 0.15) is 0 Å². The summed E-state index contributed by atoms with van der Waals surface area (Å²) < 4.78 is 1.97. The molecule has 0 amide bonds. The minimum Gasteiger partial charge on any atom is -0.324 e. The number of imidazole rings is 1. The zero-order valence-electron chi connectivity index (χ0n) is 36.7. The van der Waals surface area contributed by atoms with Crippen LogP contribution in [0.5, 0.6) is 0 Å². The fourth-order valence-electron chi connectivity index (χ4n) is 10.4. The Hall–Kier alpha value is -9.07. The van der Waals surface area contributed by atoms with Crippen molar-refractivity contribution in [2.45, 2.75) is 11.8 Å². The van der Waals surface area contributed by atoms with Crippen molar-refractivity contribution < 1.29 is 4.79 Å². The van der Waals surface area contributed by atoms with Crippen LogP contribution < -0.4 is 4.90 Å². The number of fused-ring (bicyclic) bond motifs is 10. The molecule has 0 radical (unpaired) electrons. The van der Waals surface area contributed by atoms with Gasteiger partial charge in [0, 0.05) is 64.0 Å². The van der Waals surface area contributed by atoms with Crippen molar-refractivity contribution in [3.8, 4) is 73.2 Å². The first kappa shape index (κ1) is 39.3. The lowest BCUT2D eigenvalue weighted by Crippen LogP contribution is -2.26. The van der Waals surface area contributed by atoms with Gasteiger partial charge in [-0.15, -0.1) is 0 Å². The number of rotatable bonds is 8. The van der Waals surface area contributed by atoms with Crippen LogP contribution in [0.1, 0.15) is 44.6 Å². The third-order valence-electron chi connectivity index (χ3n) is 13.7. The highest BCUT2D eigenvalue weighted by molar-refractivity contribution is 6.10. The first-order valence-electron chi connectivity index (χ1n) is 22.9. The number of carbonyl (C=O) groups is 1. The molecule has 0 saturated heterocycles. The van der Waals surface area contributed by atoms with E-state index < -0.39 is 5.41 Å². The number of carbonyl (C=O) groups excluding carboxylic acids is 1. The Kier molecular flexibility index (Phi) is 9.15. The first-order valence-corrected chi connectivity index (χ1v) is 22.9. The Morgan fingerprint density at radius 2 is 0.941 bits per heavy atom. The Labute approximate surface area is 393 Å². The lowest BCUT2D eigenvalue weighted by Gasteiger charge is -2.31. The maximum atomic E-state index is 14.5. The van der Waals surface area contributed by atoms with E-state index in [4.69, 9.17) is 15.0 Å². The standard InChI is InChI=1S/C61H40N6O/c68-57(42-19-17-41(18-20-42)40-11-3-1-4-12-40)45-25-31-51-52-32-26-46(38-56(52)61(55(51)37-45)53-15-7-5-13-49(53)50-14-6-8-16-54(50)61)60-64-58(43-21-27-47(28-22-43)66-34-9-2-10-35-66)63-59(65-60)44-23-29-48(30-24-44)67-36-33-62-39-67/h1,3-39H,2H2. The van der Waals surface area contributed by atoms with Gasteiger partial charge >= 0.3 is 0 Å². The van der Waals surface area contributed by atoms with Crippen molar-refractivity contribution in [1.29, 1.82) is 0 Å². The number of ketones is 1. The number of anilines is 1. The van der Waals surface area contributed by atoms with Crippen LogP contribution >= 0.6 is 0 Å². The molecule has 3 heterocycles. The highest BCUT2D eigenvalue weighted by Gasteiger charge is 2.52. The maximum absolute atomic E-state index is 14.5. The molecule has 1 aliphatic heterocycles. The fraction of sp³-hybridized carbons (Fsp3) is 0.0328. The van der Waals surface area contributed by atoms with Gasteiger partial charge in [-0.05, 0) is 123 Å². The second kappa shape index (κ2) is 15.8. The smallest absolute Gasteiger partial charge is 0.193 e. The third kappa shape index (κ3) is 6.32. The van der Waals surface area contributed by atoms with E-state index in [1.165, 1.54) is 22.3 Å². The van der Waals surface area contributed by atoms with E-state index in [0.29, 0.717) is 28.6 Å². The van der Waals surface area contributed by atoms with Crippen LogP contribution in [0.4, 0.5) is 5.69 Å². The Morgan fingerprint density at radius 3 is 1.57 bits per heavy atom. The first-order chi connectivity index (χ1) is 33.6. The molecule has 0 fully saturated rings. The summed E-state index contributed by atoms with van der Waals surface area (Å²) in [5, 5.41) is 0. The second-order valence-corrected chi connectivity index (χ2v) is 17.4. The number of benzene rings is 8. The SMILES string of the molecule is O=C(c1ccc(-c2ccccc2)cc1)c1ccc2c(c1)C1(c3ccccc3-c3ccccc31)c1cc(-c3nc(-c4ccc(N5C=CCC=C5)cc4)nc(-c4ccc(-n5ccnc5)cc4)n3)ccc1-2. The van der Waals surface area contributed by atoms with Crippen LogP contribution in [0, 0.1) is 0 Å². The van der Waals surface area contributed by atoms with Gasteiger partial charge in [0.2, 0.25) is 0 Å². The molecule has 0 saturated carbocycles. The Morgan fingerprint density at radius 1 is 0.441 bits per heavy atom. The van der Waals surface area contributed by atoms with Gasteiger partial charge in [0.15, 0.2) is 23.3 Å². The normalized spacial score (nSPS) is 13.6. The van der Waals surface area contributed by atoms with Crippen molar-refractivity contribution >= 4 is 11.5 Å². The monoisotopic (exact) mass is 872 g/mol. The lowest BCUT2D eigenvalue weighted by atomic mass is 9.70. The van der Waals surface area contributed by atoms with Crippen LogP contribution in [-0.2, 0) is 5.41 Å². The van der Waals surface area contributed by atoms with Crippen molar-refractivity contribution in [2.75, 3.05) is 4.90 Å². The van der Waals surface area contributed by atoms with Gasteiger partial charge in [-0.25, -0.2) is 19.9 Å². The van der Waals surface area contributed by atoms with E-state index in [9.17, 15) is 4.79 Å². The summed E-state index contributed by atoms with van der Waals surface area (Å²) >= 11 is 0. The molecule has 8 aromatic carbocycles. The summed E-state index contributed by atoms with van der Waals surface area (Å²) in [5.74, 6) is 1.70. The average molecular weight is 873 g/mol. The molecule has 1 spiro atoms. The highest BCUT2D eigenvalue weighted by atomic mass is 16.1. The molecule has 68 heavy (non-hydrogen) atoms. The number of hydrogen-bond donors (Lipinski definition) is 0. The molecule has 3 aliphatic rings. The van der Waals surface area contributed by atoms with E-state index in [1.807, 2.05) is 71.4 Å². The quantitative estimate of drug-likeness (QED) is 0.142. The molecular weight excluding hydrogens is 833 g/mol. The minimum absolute atomic E-state index is 0.0148. The summed E-state index contributed by atoms with van der Waals surface area (Å²) in [5.41, 5.74) is 16.6. The molecule has 7 nitrogen and oxygen atoms in total. The molecule has 13 rings (SSSR count). The van der Waals surface area contributed by atoms with E-state index in [1.54, 1.807) is 12.5 Å². The Balaban J connectivity index is 0.963. The van der Waals surface area contributed by atoms with Crippen molar-refractivity contribution in [2.24, 2.45) is 0 Å². The van der Waals surface area contributed by atoms with E-state index in [-0.39, 0.29) is 5.78 Å². The average Bonchev–Trinajstić information content (AvgIpc) is 4.14. The van der Waals surface area contributed by atoms with Gasteiger partial charge in [-0.2, -0.15) is 0 Å². The second-order valence-electron chi connectivity index (χ2n) is 17.4. The number of aromatic nitrogens is 5. The van der Waals surface area contributed by atoms with Crippen LogP contribution in [0.3, 0.4) is 0 Å². The number of allylic oxidation sites excluding steroid dienone is 2. The highest BCUT2D eigenvalue weighted by Crippen LogP contribution is 2.63. The summed E-state index contributed by atoms with van der Waals surface area (Å²) in [6.07, 6.45) is 14.9. The van der Waals surface area contributed by atoms with E-state index in [0.717, 1.165) is 67.9 Å².